The van der Waals surface area contributed by atoms with Crippen LogP contribution in [-0.2, 0) is 6.54 Å². The van der Waals surface area contributed by atoms with Gasteiger partial charge >= 0.3 is 6.03 Å². The summed E-state index contributed by atoms with van der Waals surface area (Å²) < 4.78 is 0. The standard InChI is InChI=1S/C18H20N8O/c1-3-26(18(27)20-2)9-14-23-15-11-5-4-10(12-6-7-21-25-12)8-13(11)22-17(19)16(15)24-14/h4-8H,3,9H2,1-2H3,(H2,19,22)(H,20,27)(H,21,25)(H,23,24). The molecule has 0 saturated heterocycles. The molecule has 0 radical (unpaired) electrons. The summed E-state index contributed by atoms with van der Waals surface area (Å²) >= 11 is 0. The van der Waals surface area contributed by atoms with Crippen LogP contribution in [0.15, 0.2) is 30.5 Å². The summed E-state index contributed by atoms with van der Waals surface area (Å²) in [6.45, 7) is 2.84. The first-order chi connectivity index (χ1) is 13.1. The van der Waals surface area contributed by atoms with Crippen LogP contribution in [0.4, 0.5) is 10.6 Å². The average molecular weight is 364 g/mol. The number of rotatable bonds is 4. The van der Waals surface area contributed by atoms with Crippen molar-refractivity contribution in [2.24, 2.45) is 0 Å². The van der Waals surface area contributed by atoms with E-state index in [2.05, 4.69) is 30.5 Å². The van der Waals surface area contributed by atoms with Crippen molar-refractivity contribution in [2.45, 2.75) is 13.5 Å². The fourth-order valence-corrected chi connectivity index (χ4v) is 3.14. The van der Waals surface area contributed by atoms with E-state index in [-0.39, 0.29) is 6.03 Å². The van der Waals surface area contributed by atoms with Crippen molar-refractivity contribution in [3.63, 3.8) is 0 Å². The number of anilines is 1. The van der Waals surface area contributed by atoms with E-state index in [1.807, 2.05) is 31.2 Å². The molecule has 27 heavy (non-hydrogen) atoms. The van der Waals surface area contributed by atoms with Crippen molar-refractivity contribution in [3.8, 4) is 11.3 Å². The van der Waals surface area contributed by atoms with E-state index in [1.165, 1.54) is 0 Å². The number of carbonyl (C=O) groups excluding carboxylic acids is 1. The molecule has 1 aromatic carbocycles. The highest BCUT2D eigenvalue weighted by Gasteiger charge is 2.16. The predicted molar refractivity (Wildman–Crippen MR) is 104 cm³/mol. The number of fused-ring (bicyclic) bond motifs is 3. The van der Waals surface area contributed by atoms with E-state index in [9.17, 15) is 4.79 Å². The monoisotopic (exact) mass is 364 g/mol. The van der Waals surface area contributed by atoms with Gasteiger partial charge in [0, 0.05) is 30.7 Å². The van der Waals surface area contributed by atoms with Crippen LogP contribution >= 0.6 is 0 Å². The van der Waals surface area contributed by atoms with Gasteiger partial charge in [-0.05, 0) is 25.1 Å². The van der Waals surface area contributed by atoms with Crippen LogP contribution in [0, 0.1) is 0 Å². The van der Waals surface area contributed by atoms with Crippen molar-refractivity contribution < 1.29 is 4.79 Å². The number of hydrogen-bond acceptors (Lipinski definition) is 5. The number of aromatic amines is 2. The van der Waals surface area contributed by atoms with E-state index < -0.39 is 0 Å². The maximum absolute atomic E-state index is 11.9. The number of nitrogens with zero attached hydrogens (tertiary/aromatic N) is 4. The van der Waals surface area contributed by atoms with Crippen LogP contribution in [-0.4, -0.2) is 49.7 Å². The Morgan fingerprint density at radius 3 is 2.85 bits per heavy atom. The number of aromatic nitrogens is 5. The number of amides is 2. The number of carbonyl (C=O) groups is 1. The van der Waals surface area contributed by atoms with Crippen molar-refractivity contribution in [1.29, 1.82) is 0 Å². The first kappa shape index (κ1) is 16.8. The summed E-state index contributed by atoms with van der Waals surface area (Å²) in [5.74, 6) is 1.04. The highest BCUT2D eigenvalue weighted by atomic mass is 16.2. The second-order valence-electron chi connectivity index (χ2n) is 6.18. The number of nitrogens with one attached hydrogen (secondary N) is 3. The number of pyridine rings is 1. The van der Waals surface area contributed by atoms with Gasteiger partial charge < -0.3 is 20.9 Å². The number of nitrogens with two attached hydrogens (primary N) is 1. The normalized spacial score (nSPS) is 11.2. The van der Waals surface area contributed by atoms with Gasteiger partial charge in [0.05, 0.1) is 17.8 Å². The lowest BCUT2D eigenvalue weighted by Crippen LogP contribution is -2.37. The molecule has 0 saturated carbocycles. The van der Waals surface area contributed by atoms with Gasteiger partial charge in [-0.1, -0.05) is 6.07 Å². The average Bonchev–Trinajstić information content (AvgIpc) is 3.35. The minimum Gasteiger partial charge on any atom is -0.382 e. The first-order valence-corrected chi connectivity index (χ1v) is 8.65. The molecule has 138 valence electrons. The third-order valence-corrected chi connectivity index (χ3v) is 4.54. The van der Waals surface area contributed by atoms with Gasteiger partial charge in [0.1, 0.15) is 22.7 Å². The smallest absolute Gasteiger partial charge is 0.317 e. The molecule has 0 spiro atoms. The molecule has 2 amide bonds. The molecule has 4 aromatic rings. The van der Waals surface area contributed by atoms with Crippen LogP contribution in [0.25, 0.3) is 33.2 Å². The largest absolute Gasteiger partial charge is 0.382 e. The van der Waals surface area contributed by atoms with E-state index in [4.69, 9.17) is 5.73 Å². The maximum atomic E-state index is 11.9. The number of imidazole rings is 1. The quantitative estimate of drug-likeness (QED) is 0.441. The number of urea groups is 1. The van der Waals surface area contributed by atoms with Crippen LogP contribution in [0.1, 0.15) is 12.7 Å². The fraction of sp³-hybridized carbons (Fsp3) is 0.222. The topological polar surface area (TPSA) is 129 Å². The molecule has 4 rings (SSSR count). The summed E-state index contributed by atoms with van der Waals surface area (Å²) in [7, 11) is 1.61. The number of hydrogen-bond donors (Lipinski definition) is 4. The molecule has 0 fully saturated rings. The lowest BCUT2D eigenvalue weighted by molar-refractivity contribution is 0.199. The van der Waals surface area contributed by atoms with Crippen LogP contribution in [0.2, 0.25) is 0 Å². The Kier molecular flexibility index (Phi) is 4.11. The molecular weight excluding hydrogens is 344 g/mol. The van der Waals surface area contributed by atoms with Gasteiger partial charge in [-0.2, -0.15) is 5.10 Å². The molecule has 0 unspecified atom stereocenters. The number of benzene rings is 1. The minimum atomic E-state index is -0.155. The second-order valence-corrected chi connectivity index (χ2v) is 6.18. The lowest BCUT2D eigenvalue weighted by atomic mass is 10.1. The van der Waals surface area contributed by atoms with E-state index >= 15 is 0 Å². The summed E-state index contributed by atoms with van der Waals surface area (Å²) in [4.78, 5) is 26.0. The van der Waals surface area contributed by atoms with E-state index in [0.29, 0.717) is 30.2 Å². The van der Waals surface area contributed by atoms with Crippen molar-refractivity contribution in [1.82, 2.24) is 35.4 Å². The molecular formula is C18H20N8O. The summed E-state index contributed by atoms with van der Waals surface area (Å²) in [5, 5.41) is 10.5. The molecule has 3 heterocycles. The van der Waals surface area contributed by atoms with Gasteiger partial charge in [0.2, 0.25) is 0 Å². The highest BCUT2D eigenvalue weighted by molar-refractivity contribution is 6.07. The zero-order valence-corrected chi connectivity index (χ0v) is 15.1. The van der Waals surface area contributed by atoms with Gasteiger partial charge in [0.25, 0.3) is 0 Å². The maximum Gasteiger partial charge on any atom is 0.317 e. The lowest BCUT2D eigenvalue weighted by Gasteiger charge is -2.18. The Bertz CT molecular complexity index is 1120. The van der Waals surface area contributed by atoms with E-state index in [1.54, 1.807) is 18.1 Å². The second kappa shape index (κ2) is 6.60. The van der Waals surface area contributed by atoms with Crippen LogP contribution in [0.3, 0.4) is 0 Å². The van der Waals surface area contributed by atoms with Crippen molar-refractivity contribution in [2.75, 3.05) is 19.3 Å². The summed E-state index contributed by atoms with van der Waals surface area (Å²) in [6.07, 6.45) is 1.70. The Labute approximate surface area is 155 Å². The predicted octanol–water partition coefficient (Wildman–Crippen LogP) is 2.24. The van der Waals surface area contributed by atoms with Gasteiger partial charge in [-0.25, -0.2) is 14.8 Å². The SMILES string of the molecule is CCN(Cc1nc2c([nH]1)c(N)nc1cc(-c3ccn[nH]3)ccc12)C(=O)NC. The molecule has 5 N–H and O–H groups in total. The molecule has 0 bridgehead atoms. The Morgan fingerprint density at radius 1 is 1.30 bits per heavy atom. The first-order valence-electron chi connectivity index (χ1n) is 8.65. The zero-order chi connectivity index (χ0) is 19.0. The van der Waals surface area contributed by atoms with Crippen molar-refractivity contribution in [3.05, 3.63) is 36.3 Å². The Hall–Kier alpha value is -3.62. The highest BCUT2D eigenvalue weighted by Crippen LogP contribution is 2.29. The number of nitrogen functional groups attached to an aromatic ring is 1. The van der Waals surface area contributed by atoms with Gasteiger partial charge in [-0.15, -0.1) is 0 Å². The van der Waals surface area contributed by atoms with Gasteiger partial charge in [-0.3, -0.25) is 5.10 Å². The van der Waals surface area contributed by atoms with Crippen molar-refractivity contribution >= 4 is 33.8 Å². The minimum absolute atomic E-state index is 0.155. The molecule has 3 aromatic heterocycles. The molecule has 0 atom stereocenters. The molecule has 9 nitrogen and oxygen atoms in total. The Balaban J connectivity index is 1.79. The Morgan fingerprint density at radius 2 is 2.15 bits per heavy atom. The van der Waals surface area contributed by atoms with E-state index in [0.717, 1.165) is 27.7 Å². The molecule has 0 aliphatic heterocycles. The third kappa shape index (κ3) is 2.92. The zero-order valence-electron chi connectivity index (χ0n) is 15.1. The molecule has 0 aliphatic rings. The number of H-pyrrole nitrogens is 2. The molecule has 0 aliphatic carbocycles. The van der Waals surface area contributed by atoms with Gasteiger partial charge in [0.15, 0.2) is 0 Å². The summed E-state index contributed by atoms with van der Waals surface area (Å²) in [6, 6.07) is 7.66. The third-order valence-electron chi connectivity index (χ3n) is 4.54. The molecule has 9 heteroatoms. The summed E-state index contributed by atoms with van der Waals surface area (Å²) in [5.41, 5.74) is 10.2. The fourth-order valence-electron chi connectivity index (χ4n) is 3.14. The van der Waals surface area contributed by atoms with Crippen LogP contribution in [0.5, 0.6) is 0 Å². The van der Waals surface area contributed by atoms with Crippen LogP contribution < -0.4 is 11.1 Å².